The summed E-state index contributed by atoms with van der Waals surface area (Å²) in [5, 5.41) is 0.707. The molecule has 35 heavy (non-hydrogen) atoms. The van der Waals surface area contributed by atoms with Gasteiger partial charge in [0.25, 0.3) is 10.0 Å². The van der Waals surface area contributed by atoms with Gasteiger partial charge in [-0.15, -0.1) is 0 Å². The second-order valence-corrected chi connectivity index (χ2v) is 11.3. The maximum Gasteiger partial charge on any atom is 0.261 e. The van der Waals surface area contributed by atoms with Gasteiger partial charge >= 0.3 is 0 Å². The molecule has 8 nitrogen and oxygen atoms in total. The molecule has 0 amide bonds. The van der Waals surface area contributed by atoms with E-state index in [-0.39, 0.29) is 10.7 Å². The van der Waals surface area contributed by atoms with E-state index in [4.69, 9.17) is 10.7 Å². The van der Waals surface area contributed by atoms with E-state index in [1.807, 2.05) is 32.9 Å². The highest BCUT2D eigenvalue weighted by Crippen LogP contribution is 2.35. The molecule has 0 spiro atoms. The fraction of sp³-hybridized carbons (Fsp3) is 0.192. The molecule has 4 aromatic rings. The molecule has 0 radical (unpaired) electrons. The van der Waals surface area contributed by atoms with Crippen LogP contribution in [-0.2, 0) is 21.2 Å². The van der Waals surface area contributed by atoms with Gasteiger partial charge in [0, 0.05) is 45.8 Å². The van der Waals surface area contributed by atoms with Crippen LogP contribution in [0.15, 0.2) is 65.8 Å². The number of hydrogen-bond acceptors (Lipinski definition) is 6. The van der Waals surface area contributed by atoms with Crippen molar-refractivity contribution >= 4 is 43.7 Å². The fourth-order valence-electron chi connectivity index (χ4n) is 4.10. The number of ketones is 1. The number of aromatic nitrogens is 3. The van der Waals surface area contributed by atoms with E-state index >= 15 is 0 Å². The molecule has 2 heterocycles. The SMILES string of the molecule is CC(C)(C)C(=O)C1=CCc2ncc(-c3cc(NS(=O)(=O)c4cccc(N)c4)c4cc[nH]c4c3)nc21. The third-order valence-electron chi connectivity index (χ3n) is 5.91. The standard InChI is InChI=1S/C26H25N5O3S/c1-26(2,3)25(32)19-7-8-20-24(19)30-23(14-29-20)15-11-21-18(9-10-28-21)22(12-15)31-35(33,34)17-6-4-5-16(27)13-17/h4-7,9-14,28,31H,8,27H2,1-3H3. The summed E-state index contributed by atoms with van der Waals surface area (Å²) in [6, 6.07) is 11.5. The van der Waals surface area contributed by atoms with Crippen molar-refractivity contribution < 1.29 is 13.2 Å². The van der Waals surface area contributed by atoms with Crippen molar-refractivity contribution in [3.63, 3.8) is 0 Å². The first-order chi connectivity index (χ1) is 16.5. The first-order valence-electron chi connectivity index (χ1n) is 11.1. The molecule has 2 aromatic heterocycles. The number of nitrogens with two attached hydrogens (primary N) is 1. The maximum absolute atomic E-state index is 13.1. The average molecular weight is 488 g/mol. The van der Waals surface area contributed by atoms with Gasteiger partial charge in [0.2, 0.25) is 0 Å². The Balaban J connectivity index is 1.58. The van der Waals surface area contributed by atoms with E-state index in [0.29, 0.717) is 45.7 Å². The Morgan fingerprint density at radius 2 is 1.94 bits per heavy atom. The summed E-state index contributed by atoms with van der Waals surface area (Å²) < 4.78 is 28.8. The first kappa shape index (κ1) is 22.8. The van der Waals surface area contributed by atoms with Crippen LogP contribution in [0.4, 0.5) is 11.4 Å². The Morgan fingerprint density at radius 1 is 1.14 bits per heavy atom. The van der Waals surface area contributed by atoms with Gasteiger partial charge in [0.1, 0.15) is 0 Å². The number of nitrogens with zero attached hydrogens (tertiary/aromatic N) is 2. The van der Waals surface area contributed by atoms with Crippen LogP contribution in [0.1, 0.15) is 32.2 Å². The van der Waals surface area contributed by atoms with Crippen molar-refractivity contribution in [1.29, 1.82) is 0 Å². The number of carbonyl (C=O) groups excluding carboxylic acids is 1. The molecule has 2 aromatic carbocycles. The zero-order valence-electron chi connectivity index (χ0n) is 19.6. The minimum Gasteiger partial charge on any atom is -0.399 e. The molecular weight excluding hydrogens is 462 g/mol. The van der Waals surface area contributed by atoms with Gasteiger partial charge in [0.05, 0.1) is 33.9 Å². The predicted molar refractivity (Wildman–Crippen MR) is 137 cm³/mol. The third kappa shape index (κ3) is 4.19. The second-order valence-electron chi connectivity index (χ2n) is 9.59. The number of anilines is 2. The summed E-state index contributed by atoms with van der Waals surface area (Å²) in [6.45, 7) is 5.63. The Labute approximate surface area is 203 Å². The number of H-pyrrole nitrogens is 1. The van der Waals surface area contributed by atoms with Crippen LogP contribution in [-0.4, -0.2) is 29.2 Å². The number of Topliss-reactive ketones (excluding diaryl/α,β-unsaturated/α-hetero) is 1. The Bertz CT molecular complexity index is 1630. The van der Waals surface area contributed by atoms with Crippen molar-refractivity contribution in [2.75, 3.05) is 10.5 Å². The fourth-order valence-corrected chi connectivity index (χ4v) is 5.23. The van der Waals surface area contributed by atoms with E-state index < -0.39 is 15.4 Å². The van der Waals surface area contributed by atoms with Gasteiger partial charge in [-0.25, -0.2) is 13.4 Å². The molecule has 178 valence electrons. The monoisotopic (exact) mass is 487 g/mol. The summed E-state index contributed by atoms with van der Waals surface area (Å²) in [4.78, 5) is 25.5. The van der Waals surface area contributed by atoms with Gasteiger partial charge in [0.15, 0.2) is 5.78 Å². The van der Waals surface area contributed by atoms with Crippen molar-refractivity contribution in [2.24, 2.45) is 5.41 Å². The third-order valence-corrected chi connectivity index (χ3v) is 7.27. The summed E-state index contributed by atoms with van der Waals surface area (Å²) >= 11 is 0. The molecule has 5 rings (SSSR count). The van der Waals surface area contributed by atoms with Gasteiger partial charge < -0.3 is 10.7 Å². The van der Waals surface area contributed by atoms with Crippen LogP contribution >= 0.6 is 0 Å². The Morgan fingerprint density at radius 3 is 2.69 bits per heavy atom. The van der Waals surface area contributed by atoms with Crippen molar-refractivity contribution in [3.05, 3.63) is 72.3 Å². The highest BCUT2D eigenvalue weighted by Gasteiger charge is 2.31. The van der Waals surface area contributed by atoms with Crippen molar-refractivity contribution in [3.8, 4) is 11.3 Å². The number of nitrogens with one attached hydrogen (secondary N) is 2. The summed E-state index contributed by atoms with van der Waals surface area (Å²) in [5.74, 6) is 0.0121. The zero-order valence-corrected chi connectivity index (χ0v) is 20.4. The number of fused-ring (bicyclic) bond motifs is 2. The summed E-state index contributed by atoms with van der Waals surface area (Å²) in [7, 11) is -3.88. The van der Waals surface area contributed by atoms with E-state index in [2.05, 4.69) is 14.7 Å². The number of hydrogen-bond donors (Lipinski definition) is 3. The molecular formula is C26H25N5O3S. The van der Waals surface area contributed by atoms with Crippen LogP contribution in [0.2, 0.25) is 0 Å². The van der Waals surface area contributed by atoms with E-state index in [0.717, 1.165) is 11.2 Å². The predicted octanol–water partition coefficient (Wildman–Crippen LogP) is 4.56. The van der Waals surface area contributed by atoms with Crippen LogP contribution < -0.4 is 10.5 Å². The van der Waals surface area contributed by atoms with Gasteiger partial charge in [-0.1, -0.05) is 32.9 Å². The Hall–Kier alpha value is -3.98. The molecule has 0 saturated carbocycles. The number of sulfonamides is 1. The summed E-state index contributed by atoms with van der Waals surface area (Å²) in [5.41, 5.74) is 9.84. The van der Waals surface area contributed by atoms with Crippen LogP contribution in [0, 0.1) is 5.41 Å². The van der Waals surface area contributed by atoms with Crippen LogP contribution in [0.25, 0.3) is 27.7 Å². The van der Waals surface area contributed by atoms with Gasteiger partial charge in [-0.05, 0) is 36.4 Å². The van der Waals surface area contributed by atoms with Crippen LogP contribution in [0.5, 0.6) is 0 Å². The number of carbonyl (C=O) groups is 1. The molecule has 1 aliphatic carbocycles. The maximum atomic E-state index is 13.1. The smallest absolute Gasteiger partial charge is 0.261 e. The first-order valence-corrected chi connectivity index (χ1v) is 12.6. The highest BCUT2D eigenvalue weighted by atomic mass is 32.2. The molecule has 0 atom stereocenters. The number of nitrogen functional groups attached to an aromatic ring is 1. The molecule has 0 fully saturated rings. The molecule has 0 unspecified atom stereocenters. The van der Waals surface area contributed by atoms with E-state index in [1.165, 1.54) is 12.1 Å². The topological polar surface area (TPSA) is 131 Å². The molecule has 9 heteroatoms. The number of aromatic amines is 1. The lowest BCUT2D eigenvalue weighted by Gasteiger charge is -2.18. The highest BCUT2D eigenvalue weighted by molar-refractivity contribution is 7.92. The quantitative estimate of drug-likeness (QED) is 0.354. The largest absolute Gasteiger partial charge is 0.399 e. The number of allylic oxidation sites excluding steroid dienone is 2. The minimum absolute atomic E-state index is 0.0121. The summed E-state index contributed by atoms with van der Waals surface area (Å²) in [6.07, 6.45) is 5.82. The van der Waals surface area contributed by atoms with Crippen molar-refractivity contribution in [2.45, 2.75) is 32.1 Å². The van der Waals surface area contributed by atoms with E-state index in [9.17, 15) is 13.2 Å². The Kier molecular flexibility index (Phi) is 5.25. The van der Waals surface area contributed by atoms with Gasteiger partial charge in [-0.3, -0.25) is 14.5 Å². The minimum atomic E-state index is -3.88. The molecule has 0 saturated heterocycles. The lowest BCUT2D eigenvalue weighted by molar-refractivity contribution is -0.120. The average Bonchev–Trinajstić information content (AvgIpc) is 3.44. The molecule has 0 bridgehead atoms. The van der Waals surface area contributed by atoms with Gasteiger partial charge in [-0.2, -0.15) is 0 Å². The number of rotatable bonds is 5. The lowest BCUT2D eigenvalue weighted by atomic mass is 9.86. The normalized spacial score (nSPS) is 13.5. The lowest BCUT2D eigenvalue weighted by Crippen LogP contribution is -2.21. The number of benzene rings is 2. The second kappa shape index (κ2) is 8.06. The van der Waals surface area contributed by atoms with Crippen molar-refractivity contribution in [1.82, 2.24) is 15.0 Å². The van der Waals surface area contributed by atoms with E-state index in [1.54, 1.807) is 36.7 Å². The molecule has 0 aliphatic heterocycles. The molecule has 4 N–H and O–H groups in total. The van der Waals surface area contributed by atoms with Crippen LogP contribution in [0.3, 0.4) is 0 Å². The molecule has 1 aliphatic rings. The zero-order chi connectivity index (χ0) is 25.0.